The van der Waals surface area contributed by atoms with Gasteiger partial charge in [0.15, 0.2) is 4.77 Å². The quantitative estimate of drug-likeness (QED) is 0.340. The molecular weight excluding hydrogens is 440 g/mol. The second-order valence-corrected chi connectivity index (χ2v) is 8.50. The highest BCUT2D eigenvalue weighted by atomic mass is 32.1. The molecule has 33 heavy (non-hydrogen) atoms. The third-order valence-corrected chi connectivity index (χ3v) is 6.28. The van der Waals surface area contributed by atoms with E-state index in [1.165, 1.54) is 9.47 Å². The van der Waals surface area contributed by atoms with Crippen molar-refractivity contribution in [3.63, 3.8) is 0 Å². The first-order valence-corrected chi connectivity index (χ1v) is 11.6. The van der Waals surface area contributed by atoms with Crippen LogP contribution in [0.2, 0.25) is 0 Å². The van der Waals surface area contributed by atoms with Gasteiger partial charge in [0.1, 0.15) is 18.8 Å². The lowest BCUT2D eigenvalue weighted by molar-refractivity contribution is -0.908. The molecule has 8 nitrogen and oxygen atoms in total. The number of carbonyl (C=O) groups excluding carboxylic acids is 1. The molecule has 174 valence electrons. The van der Waals surface area contributed by atoms with Crippen LogP contribution in [0.5, 0.6) is 5.75 Å². The van der Waals surface area contributed by atoms with Gasteiger partial charge in [-0.1, -0.05) is 18.2 Å². The first-order valence-electron chi connectivity index (χ1n) is 11.1. The summed E-state index contributed by atoms with van der Waals surface area (Å²) < 4.78 is 12.6. The smallest absolute Gasteiger partial charge is 0.262 e. The molecule has 0 aliphatic carbocycles. The van der Waals surface area contributed by atoms with E-state index in [-0.39, 0.29) is 11.5 Å². The SMILES string of the molecule is COc1ccccc1Cn1c(=S)[nH]c2cc(C(=O)NCCC[NH+]3CCOCC3)ccc2c1=O. The number of hydrogen-bond acceptors (Lipinski definition) is 5. The van der Waals surface area contributed by atoms with Crippen LogP contribution in [-0.4, -0.2) is 62.0 Å². The fourth-order valence-corrected chi connectivity index (χ4v) is 4.35. The molecule has 3 N–H and O–H groups in total. The zero-order chi connectivity index (χ0) is 23.2. The monoisotopic (exact) mass is 469 g/mol. The van der Waals surface area contributed by atoms with Gasteiger partial charge in [-0.05, 0) is 36.5 Å². The number of rotatable bonds is 8. The molecule has 0 bridgehead atoms. The lowest BCUT2D eigenvalue weighted by atomic mass is 10.1. The van der Waals surface area contributed by atoms with Crippen molar-refractivity contribution in [2.75, 3.05) is 46.5 Å². The van der Waals surface area contributed by atoms with Gasteiger partial charge < -0.3 is 24.7 Å². The summed E-state index contributed by atoms with van der Waals surface area (Å²) in [4.78, 5) is 30.3. The van der Waals surface area contributed by atoms with E-state index in [0.717, 1.165) is 44.8 Å². The van der Waals surface area contributed by atoms with Gasteiger partial charge in [-0.3, -0.25) is 14.2 Å². The van der Waals surface area contributed by atoms with E-state index in [1.807, 2.05) is 24.3 Å². The van der Waals surface area contributed by atoms with Gasteiger partial charge in [-0.2, -0.15) is 0 Å². The van der Waals surface area contributed by atoms with E-state index in [1.54, 1.807) is 25.3 Å². The lowest BCUT2D eigenvalue weighted by Crippen LogP contribution is -3.14. The molecule has 1 saturated heterocycles. The number of aromatic nitrogens is 2. The molecular formula is C24H29N4O4S+. The maximum atomic E-state index is 13.1. The minimum absolute atomic E-state index is 0.161. The predicted molar refractivity (Wildman–Crippen MR) is 129 cm³/mol. The summed E-state index contributed by atoms with van der Waals surface area (Å²) in [5.41, 5.74) is 1.69. The number of aromatic amines is 1. The molecule has 1 aromatic heterocycles. The number of methoxy groups -OCH3 is 1. The van der Waals surface area contributed by atoms with E-state index in [9.17, 15) is 9.59 Å². The number of amides is 1. The van der Waals surface area contributed by atoms with Crippen LogP contribution in [0.1, 0.15) is 22.3 Å². The van der Waals surface area contributed by atoms with Crippen molar-refractivity contribution in [1.82, 2.24) is 14.9 Å². The van der Waals surface area contributed by atoms with Crippen LogP contribution < -0.4 is 20.5 Å². The molecule has 0 atom stereocenters. The van der Waals surface area contributed by atoms with Crippen LogP contribution in [-0.2, 0) is 11.3 Å². The van der Waals surface area contributed by atoms with E-state index in [2.05, 4.69) is 10.3 Å². The first kappa shape index (κ1) is 23.2. The first-order chi connectivity index (χ1) is 16.1. The van der Waals surface area contributed by atoms with E-state index < -0.39 is 0 Å². The molecule has 0 saturated carbocycles. The Kier molecular flexibility index (Phi) is 7.54. The molecule has 1 fully saturated rings. The third kappa shape index (κ3) is 5.50. The minimum atomic E-state index is -0.208. The van der Waals surface area contributed by atoms with Crippen LogP contribution in [0.3, 0.4) is 0 Å². The Labute approximate surface area is 197 Å². The molecule has 1 aliphatic heterocycles. The highest BCUT2D eigenvalue weighted by molar-refractivity contribution is 7.71. The fourth-order valence-electron chi connectivity index (χ4n) is 4.10. The summed E-state index contributed by atoms with van der Waals surface area (Å²) in [6, 6.07) is 12.6. The van der Waals surface area contributed by atoms with Crippen LogP contribution in [0.15, 0.2) is 47.3 Å². The normalized spacial score (nSPS) is 14.3. The van der Waals surface area contributed by atoms with Crippen molar-refractivity contribution in [1.29, 1.82) is 0 Å². The van der Waals surface area contributed by atoms with Gasteiger partial charge in [0.2, 0.25) is 0 Å². The van der Waals surface area contributed by atoms with Crippen LogP contribution in [0, 0.1) is 4.77 Å². The largest absolute Gasteiger partial charge is 0.496 e. The van der Waals surface area contributed by atoms with Crippen molar-refractivity contribution in [3.8, 4) is 5.75 Å². The van der Waals surface area contributed by atoms with Gasteiger partial charge in [0, 0.05) is 24.1 Å². The van der Waals surface area contributed by atoms with Gasteiger partial charge in [0.25, 0.3) is 11.5 Å². The number of nitrogens with one attached hydrogen (secondary N) is 3. The molecule has 2 heterocycles. The van der Waals surface area contributed by atoms with Gasteiger partial charge >= 0.3 is 0 Å². The van der Waals surface area contributed by atoms with Crippen molar-refractivity contribution in [3.05, 3.63) is 68.7 Å². The molecule has 0 spiro atoms. The van der Waals surface area contributed by atoms with E-state index in [0.29, 0.717) is 40.1 Å². The Morgan fingerprint density at radius 3 is 2.82 bits per heavy atom. The number of ether oxygens (including phenoxy) is 2. The maximum Gasteiger partial charge on any atom is 0.262 e. The highest BCUT2D eigenvalue weighted by Crippen LogP contribution is 2.19. The Hall–Kier alpha value is -3.01. The number of benzene rings is 2. The summed E-state index contributed by atoms with van der Waals surface area (Å²) in [6.07, 6.45) is 0.907. The number of nitrogens with zero attached hydrogens (tertiary/aromatic N) is 1. The van der Waals surface area contributed by atoms with Crippen LogP contribution in [0.4, 0.5) is 0 Å². The van der Waals surface area contributed by atoms with Crippen LogP contribution in [0.25, 0.3) is 10.9 Å². The number of hydrogen-bond donors (Lipinski definition) is 3. The maximum absolute atomic E-state index is 13.1. The second-order valence-electron chi connectivity index (χ2n) is 8.12. The Morgan fingerprint density at radius 2 is 2.03 bits per heavy atom. The molecule has 3 aromatic rings. The average Bonchev–Trinajstić information content (AvgIpc) is 2.84. The zero-order valence-corrected chi connectivity index (χ0v) is 19.5. The highest BCUT2D eigenvalue weighted by Gasteiger charge is 2.14. The molecule has 1 aliphatic rings. The summed E-state index contributed by atoms with van der Waals surface area (Å²) >= 11 is 5.46. The number of para-hydroxylation sites is 1. The lowest BCUT2D eigenvalue weighted by Gasteiger charge is -2.23. The van der Waals surface area contributed by atoms with E-state index in [4.69, 9.17) is 21.7 Å². The zero-order valence-electron chi connectivity index (χ0n) is 18.7. The van der Waals surface area contributed by atoms with Gasteiger partial charge in [-0.25, -0.2) is 0 Å². The molecule has 2 aromatic carbocycles. The molecule has 0 unspecified atom stereocenters. The Balaban J connectivity index is 1.46. The Bertz CT molecular complexity index is 1250. The number of quaternary nitrogens is 1. The predicted octanol–water partition coefficient (Wildman–Crippen LogP) is 1.15. The number of morpholine rings is 1. The third-order valence-electron chi connectivity index (χ3n) is 5.96. The molecule has 9 heteroatoms. The van der Waals surface area contributed by atoms with Gasteiger partial charge in [0.05, 0.1) is 44.3 Å². The Morgan fingerprint density at radius 1 is 1.24 bits per heavy atom. The summed E-state index contributed by atoms with van der Waals surface area (Å²) in [7, 11) is 1.60. The molecule has 4 rings (SSSR count). The topological polar surface area (TPSA) is 89.8 Å². The summed E-state index contributed by atoms with van der Waals surface area (Å²) in [6.45, 7) is 5.57. The van der Waals surface area contributed by atoms with Gasteiger partial charge in [-0.15, -0.1) is 0 Å². The molecule has 1 amide bonds. The van der Waals surface area contributed by atoms with Crippen molar-refractivity contribution < 1.29 is 19.2 Å². The average molecular weight is 470 g/mol. The van der Waals surface area contributed by atoms with Crippen molar-refractivity contribution in [2.24, 2.45) is 0 Å². The second kappa shape index (κ2) is 10.7. The minimum Gasteiger partial charge on any atom is -0.496 e. The van der Waals surface area contributed by atoms with Crippen LogP contribution >= 0.6 is 12.2 Å². The number of fused-ring (bicyclic) bond motifs is 1. The number of carbonyl (C=O) groups is 1. The standard InChI is InChI=1S/C24H28N4O4S/c1-31-21-6-3-2-5-18(21)16-28-23(30)19-8-7-17(15-20(19)26-24(28)33)22(29)25-9-4-10-27-11-13-32-14-12-27/h2-3,5-8,15H,4,9-14,16H2,1H3,(H,25,29)(H,26,33)/p+1. The number of H-pyrrole nitrogens is 1. The summed E-state index contributed by atoms with van der Waals surface area (Å²) in [5.74, 6) is 0.535. The van der Waals surface area contributed by atoms with E-state index >= 15 is 0 Å². The van der Waals surface area contributed by atoms with Crippen molar-refractivity contribution in [2.45, 2.75) is 13.0 Å². The summed E-state index contributed by atoms with van der Waals surface area (Å²) in [5, 5.41) is 3.45. The fraction of sp³-hybridized carbons (Fsp3) is 0.375. The van der Waals surface area contributed by atoms with Crippen molar-refractivity contribution >= 4 is 29.0 Å². The molecule has 0 radical (unpaired) electrons.